The molecule has 2 saturated heterocycles. The Hall–Kier alpha value is -3.53. The highest BCUT2D eigenvalue weighted by atomic mass is 32.2. The van der Waals surface area contributed by atoms with Gasteiger partial charge in [-0.2, -0.15) is 8.42 Å². The molecule has 34 heavy (non-hydrogen) atoms. The minimum Gasteiger partial charge on any atom is -0.355 e. The largest absolute Gasteiger partial charge is 0.355 e. The van der Waals surface area contributed by atoms with Crippen molar-refractivity contribution in [3.8, 4) is 0 Å². The van der Waals surface area contributed by atoms with E-state index in [0.717, 1.165) is 12.0 Å². The predicted molar refractivity (Wildman–Crippen MR) is 124 cm³/mol. The number of carbonyl (C=O) groups is 3. The van der Waals surface area contributed by atoms with E-state index < -0.39 is 10.0 Å². The molecule has 3 amide bonds. The van der Waals surface area contributed by atoms with Crippen molar-refractivity contribution >= 4 is 39.3 Å². The van der Waals surface area contributed by atoms with Crippen molar-refractivity contribution in [3.05, 3.63) is 59.7 Å². The molecule has 2 aromatic carbocycles. The quantitative estimate of drug-likeness (QED) is 0.671. The molecule has 176 valence electrons. The van der Waals surface area contributed by atoms with Crippen LogP contribution in [0.1, 0.15) is 36.8 Å². The molecule has 0 aliphatic carbocycles. The molecule has 10 heteroatoms. The van der Waals surface area contributed by atoms with E-state index in [4.69, 9.17) is 0 Å². The smallest absolute Gasteiger partial charge is 0.285 e. The number of hydrogen-bond acceptors (Lipinski definition) is 6. The molecule has 0 aromatic heterocycles. The first-order valence-electron chi connectivity index (χ1n) is 11.2. The molecular formula is C24H24N4O5S. The number of amidine groups is 1. The molecule has 0 spiro atoms. The van der Waals surface area contributed by atoms with E-state index in [0.29, 0.717) is 36.6 Å². The van der Waals surface area contributed by atoms with Gasteiger partial charge in [0.2, 0.25) is 17.7 Å². The molecular weight excluding hydrogens is 456 g/mol. The van der Waals surface area contributed by atoms with Crippen LogP contribution in [0.3, 0.4) is 0 Å². The summed E-state index contributed by atoms with van der Waals surface area (Å²) < 4.78 is 28.8. The highest BCUT2D eigenvalue weighted by Crippen LogP contribution is 2.30. The first-order valence-corrected chi connectivity index (χ1v) is 12.7. The Balaban J connectivity index is 1.23. The third kappa shape index (κ3) is 4.21. The van der Waals surface area contributed by atoms with Gasteiger partial charge in [-0.05, 0) is 42.7 Å². The summed E-state index contributed by atoms with van der Waals surface area (Å²) in [5, 5.41) is 2.93. The zero-order valence-electron chi connectivity index (χ0n) is 18.4. The van der Waals surface area contributed by atoms with Gasteiger partial charge in [-0.15, -0.1) is 4.40 Å². The summed E-state index contributed by atoms with van der Waals surface area (Å²) in [6.45, 7) is 1.25. The van der Waals surface area contributed by atoms with Crippen LogP contribution >= 0.6 is 0 Å². The van der Waals surface area contributed by atoms with Crippen molar-refractivity contribution in [1.29, 1.82) is 0 Å². The van der Waals surface area contributed by atoms with Crippen molar-refractivity contribution in [3.63, 3.8) is 0 Å². The lowest BCUT2D eigenvalue weighted by atomic mass is 9.96. The maximum absolute atomic E-state index is 13.0. The molecule has 2 aromatic rings. The maximum atomic E-state index is 13.0. The Kier molecular flexibility index (Phi) is 5.68. The van der Waals surface area contributed by atoms with Gasteiger partial charge in [0.1, 0.15) is 4.90 Å². The van der Waals surface area contributed by atoms with Gasteiger partial charge in [0.25, 0.3) is 10.0 Å². The lowest BCUT2D eigenvalue weighted by Gasteiger charge is -2.33. The van der Waals surface area contributed by atoms with Crippen LogP contribution in [0.5, 0.6) is 0 Å². The fourth-order valence-electron chi connectivity index (χ4n) is 4.62. The van der Waals surface area contributed by atoms with E-state index >= 15 is 0 Å². The second kappa shape index (κ2) is 8.68. The first kappa shape index (κ1) is 22.3. The molecule has 2 fully saturated rings. The lowest BCUT2D eigenvalue weighted by Crippen LogP contribution is -2.43. The van der Waals surface area contributed by atoms with Crippen LogP contribution in [0, 0.1) is 5.92 Å². The molecule has 3 aliphatic heterocycles. The van der Waals surface area contributed by atoms with Crippen LogP contribution in [0.2, 0.25) is 0 Å². The highest BCUT2D eigenvalue weighted by molar-refractivity contribution is 7.90. The van der Waals surface area contributed by atoms with Gasteiger partial charge in [-0.1, -0.05) is 24.3 Å². The van der Waals surface area contributed by atoms with Crippen LogP contribution in [0.4, 0.5) is 5.69 Å². The molecule has 3 aliphatic rings. The van der Waals surface area contributed by atoms with E-state index in [9.17, 15) is 22.8 Å². The summed E-state index contributed by atoms with van der Waals surface area (Å²) in [5.74, 6) is -0.370. The summed E-state index contributed by atoms with van der Waals surface area (Å²) in [7, 11) is -3.71. The average Bonchev–Trinajstić information content (AvgIpc) is 3.30. The number of imide groups is 1. The van der Waals surface area contributed by atoms with E-state index in [2.05, 4.69) is 9.71 Å². The number of hydrogen-bond donors (Lipinski definition) is 1. The number of anilines is 1. The number of carbonyl (C=O) groups excluding carboxylic acids is 3. The van der Waals surface area contributed by atoms with E-state index in [1.54, 1.807) is 48.5 Å². The molecule has 9 nitrogen and oxygen atoms in total. The second-order valence-electron chi connectivity index (χ2n) is 8.73. The van der Waals surface area contributed by atoms with Gasteiger partial charge >= 0.3 is 0 Å². The molecule has 1 N–H and O–H groups in total. The third-order valence-corrected chi connectivity index (χ3v) is 7.75. The average molecular weight is 481 g/mol. The Bertz CT molecular complexity index is 1290. The Labute approximate surface area is 197 Å². The predicted octanol–water partition coefficient (Wildman–Crippen LogP) is 2.14. The Morgan fingerprint density at radius 1 is 1.03 bits per heavy atom. The zero-order valence-corrected chi connectivity index (χ0v) is 19.3. The lowest BCUT2D eigenvalue weighted by molar-refractivity contribution is -0.139. The number of benzene rings is 2. The van der Waals surface area contributed by atoms with E-state index in [1.165, 1.54) is 4.90 Å². The first-order chi connectivity index (χ1) is 16.3. The van der Waals surface area contributed by atoms with Crippen LogP contribution in [-0.2, 0) is 31.0 Å². The monoisotopic (exact) mass is 480 g/mol. The van der Waals surface area contributed by atoms with Crippen LogP contribution in [-0.4, -0.2) is 54.9 Å². The molecule has 5 rings (SSSR count). The number of nitrogens with one attached hydrogen (secondary N) is 1. The SMILES string of the molecule is O=C(Nc1ccc(CN2C(=O)CCC2=O)cc1)C1CCCN(C2=NS(=O)(=O)c3ccccc32)C1. The maximum Gasteiger partial charge on any atom is 0.285 e. The summed E-state index contributed by atoms with van der Waals surface area (Å²) in [5.41, 5.74) is 2.01. The molecule has 0 bridgehead atoms. The van der Waals surface area contributed by atoms with Gasteiger partial charge < -0.3 is 10.2 Å². The van der Waals surface area contributed by atoms with Gasteiger partial charge in [0.15, 0.2) is 5.84 Å². The molecule has 1 unspecified atom stereocenters. The van der Waals surface area contributed by atoms with Crippen molar-refractivity contribution in [2.45, 2.75) is 37.1 Å². The summed E-state index contributed by atoms with van der Waals surface area (Å²) in [4.78, 5) is 39.9. The fourth-order valence-corrected chi connectivity index (χ4v) is 5.85. The number of piperidine rings is 1. The number of amides is 3. The summed E-state index contributed by atoms with van der Waals surface area (Å²) in [6, 6.07) is 13.8. The van der Waals surface area contributed by atoms with Crippen LogP contribution < -0.4 is 5.32 Å². The van der Waals surface area contributed by atoms with Gasteiger partial charge in [0.05, 0.1) is 12.5 Å². The number of nitrogens with zero attached hydrogens (tertiary/aromatic N) is 3. The van der Waals surface area contributed by atoms with E-state index in [1.807, 2.05) is 4.90 Å². The Morgan fingerprint density at radius 2 is 1.74 bits per heavy atom. The summed E-state index contributed by atoms with van der Waals surface area (Å²) in [6.07, 6.45) is 1.96. The molecule has 0 saturated carbocycles. The zero-order chi connectivity index (χ0) is 23.9. The number of sulfonamides is 1. The molecule has 1 atom stereocenters. The van der Waals surface area contributed by atoms with Crippen molar-refractivity contribution in [2.24, 2.45) is 10.3 Å². The van der Waals surface area contributed by atoms with Gasteiger partial charge in [-0.3, -0.25) is 19.3 Å². The third-order valence-electron chi connectivity index (χ3n) is 6.42. The van der Waals surface area contributed by atoms with Crippen molar-refractivity contribution in [1.82, 2.24) is 9.80 Å². The van der Waals surface area contributed by atoms with Gasteiger partial charge in [-0.25, -0.2) is 0 Å². The highest BCUT2D eigenvalue weighted by Gasteiger charge is 2.35. The number of fused-ring (bicyclic) bond motifs is 1. The minimum absolute atomic E-state index is 0.142. The number of rotatable bonds is 4. The minimum atomic E-state index is -3.71. The van der Waals surface area contributed by atoms with Crippen LogP contribution in [0.25, 0.3) is 0 Å². The van der Waals surface area contributed by atoms with Crippen molar-refractivity contribution in [2.75, 3.05) is 18.4 Å². The van der Waals surface area contributed by atoms with Crippen LogP contribution in [0.15, 0.2) is 57.8 Å². The van der Waals surface area contributed by atoms with Crippen molar-refractivity contribution < 1.29 is 22.8 Å². The number of likely N-dealkylation sites (tertiary alicyclic amines) is 2. The fraction of sp³-hybridized carbons (Fsp3) is 0.333. The summed E-state index contributed by atoms with van der Waals surface area (Å²) >= 11 is 0. The Morgan fingerprint density at radius 3 is 2.47 bits per heavy atom. The van der Waals surface area contributed by atoms with Gasteiger partial charge in [0, 0.05) is 37.2 Å². The topological polar surface area (TPSA) is 116 Å². The molecule has 0 radical (unpaired) electrons. The standard InChI is InChI=1S/C24H24N4O5S/c29-21-11-12-22(30)28(21)14-16-7-9-18(10-8-16)25-24(31)17-4-3-13-27(15-17)23-19-5-1-2-6-20(19)34(32,33)26-23/h1-2,5-10,17H,3-4,11-15H2,(H,25,31). The normalized spacial score (nSPS) is 21.4. The van der Waals surface area contributed by atoms with E-state index in [-0.39, 0.29) is 47.9 Å². The second-order valence-corrected chi connectivity index (χ2v) is 10.3. The molecule has 3 heterocycles.